The van der Waals surface area contributed by atoms with E-state index < -0.39 is 5.91 Å². The molecule has 0 aliphatic heterocycles. The summed E-state index contributed by atoms with van der Waals surface area (Å²) in [5, 5.41) is 25.8. The lowest BCUT2D eigenvalue weighted by molar-refractivity contribution is -0.112. The van der Waals surface area contributed by atoms with Gasteiger partial charge >= 0.3 is 0 Å². The van der Waals surface area contributed by atoms with Crippen LogP contribution in [0.2, 0.25) is 0 Å². The Kier molecular flexibility index (Phi) is 4.32. The maximum Gasteiger partial charge on any atom is 0.267 e. The number of amides is 1. The lowest BCUT2D eigenvalue weighted by Gasteiger charge is -2.04. The molecule has 1 amide bonds. The predicted molar refractivity (Wildman–Crippen MR) is 76.2 cm³/mol. The van der Waals surface area contributed by atoms with Crippen LogP contribution in [0.4, 0.5) is 10.8 Å². The van der Waals surface area contributed by atoms with E-state index in [4.69, 9.17) is 10.4 Å². The number of anilines is 2. The van der Waals surface area contributed by atoms with E-state index in [2.05, 4.69) is 15.6 Å². The van der Waals surface area contributed by atoms with Crippen molar-refractivity contribution in [2.45, 2.75) is 0 Å². The van der Waals surface area contributed by atoms with E-state index in [0.29, 0.717) is 10.8 Å². The number of phenols is 1. The first kappa shape index (κ1) is 13.6. The van der Waals surface area contributed by atoms with Crippen LogP contribution in [0.25, 0.3) is 0 Å². The number of carbonyl (C=O) groups excluding carboxylic acids is 1. The lowest BCUT2D eigenvalue weighted by atomic mass is 10.2. The zero-order valence-corrected chi connectivity index (χ0v) is 11.0. The second-order valence-corrected chi connectivity index (χ2v) is 4.55. The molecule has 3 N–H and O–H groups in total. The quantitative estimate of drug-likeness (QED) is 0.455. The molecule has 1 aromatic carbocycles. The van der Waals surface area contributed by atoms with Crippen molar-refractivity contribution in [1.82, 2.24) is 4.98 Å². The van der Waals surface area contributed by atoms with Crippen LogP contribution in [0.1, 0.15) is 0 Å². The summed E-state index contributed by atoms with van der Waals surface area (Å²) in [5.74, 6) is -0.438. The highest BCUT2D eigenvalue weighted by atomic mass is 32.1. The standard InChI is InChI=1S/C13H10N4O2S/c14-7-9(8-16-13-15-5-6-20-13)12(19)17-10-1-3-11(18)4-2-10/h1-6,8,18H,(H,15,16)(H,17,19)/b9-8-. The maximum atomic E-state index is 11.9. The third-order valence-electron chi connectivity index (χ3n) is 2.26. The summed E-state index contributed by atoms with van der Waals surface area (Å²) < 4.78 is 0. The second kappa shape index (κ2) is 6.36. The van der Waals surface area contributed by atoms with Crippen LogP contribution in [-0.2, 0) is 4.79 Å². The number of nitriles is 1. The minimum atomic E-state index is -0.540. The lowest BCUT2D eigenvalue weighted by Crippen LogP contribution is -2.14. The molecule has 7 heteroatoms. The van der Waals surface area contributed by atoms with Gasteiger partial charge in [-0.05, 0) is 24.3 Å². The number of carbonyl (C=O) groups is 1. The number of aromatic nitrogens is 1. The molecule has 1 heterocycles. The van der Waals surface area contributed by atoms with Gasteiger partial charge < -0.3 is 15.7 Å². The molecular formula is C13H10N4O2S. The van der Waals surface area contributed by atoms with Gasteiger partial charge in [-0.2, -0.15) is 5.26 Å². The molecular weight excluding hydrogens is 276 g/mol. The van der Waals surface area contributed by atoms with E-state index in [1.165, 1.54) is 41.8 Å². The van der Waals surface area contributed by atoms with Crippen molar-refractivity contribution in [2.24, 2.45) is 0 Å². The van der Waals surface area contributed by atoms with Gasteiger partial charge in [-0.3, -0.25) is 4.79 Å². The van der Waals surface area contributed by atoms with Gasteiger partial charge in [-0.1, -0.05) is 0 Å². The van der Waals surface area contributed by atoms with Crippen LogP contribution in [-0.4, -0.2) is 16.0 Å². The molecule has 0 atom stereocenters. The minimum Gasteiger partial charge on any atom is -0.508 e. The summed E-state index contributed by atoms with van der Waals surface area (Å²) in [6.45, 7) is 0. The second-order valence-electron chi connectivity index (χ2n) is 3.65. The van der Waals surface area contributed by atoms with E-state index in [1.807, 2.05) is 6.07 Å². The van der Waals surface area contributed by atoms with Crippen LogP contribution in [0.5, 0.6) is 5.75 Å². The van der Waals surface area contributed by atoms with Crippen molar-refractivity contribution in [3.05, 3.63) is 47.6 Å². The Morgan fingerprint density at radius 2 is 2.15 bits per heavy atom. The molecule has 2 aromatic rings. The van der Waals surface area contributed by atoms with Crippen LogP contribution in [0.15, 0.2) is 47.6 Å². The number of nitrogens with zero attached hydrogens (tertiary/aromatic N) is 2. The van der Waals surface area contributed by atoms with E-state index in [-0.39, 0.29) is 11.3 Å². The summed E-state index contributed by atoms with van der Waals surface area (Å²) in [6, 6.07) is 7.77. The van der Waals surface area contributed by atoms with Gasteiger partial charge in [0.15, 0.2) is 5.13 Å². The number of nitrogens with one attached hydrogen (secondary N) is 2. The molecule has 0 saturated carbocycles. The number of rotatable bonds is 4. The Morgan fingerprint density at radius 3 is 2.75 bits per heavy atom. The van der Waals surface area contributed by atoms with Gasteiger partial charge in [0.1, 0.15) is 17.4 Å². The van der Waals surface area contributed by atoms with Crippen LogP contribution >= 0.6 is 11.3 Å². The number of hydrogen-bond donors (Lipinski definition) is 3. The molecule has 0 bridgehead atoms. The first-order valence-electron chi connectivity index (χ1n) is 5.56. The highest BCUT2D eigenvalue weighted by molar-refractivity contribution is 7.13. The normalized spacial score (nSPS) is 10.7. The summed E-state index contributed by atoms with van der Waals surface area (Å²) in [6.07, 6.45) is 2.91. The largest absolute Gasteiger partial charge is 0.508 e. The fourth-order valence-corrected chi connectivity index (χ4v) is 1.82. The van der Waals surface area contributed by atoms with Gasteiger partial charge in [0.25, 0.3) is 5.91 Å². The minimum absolute atomic E-state index is 0.0757. The topological polar surface area (TPSA) is 98.0 Å². The monoisotopic (exact) mass is 286 g/mol. The predicted octanol–water partition coefficient (Wildman–Crippen LogP) is 2.31. The molecule has 0 aliphatic carbocycles. The molecule has 0 saturated heterocycles. The van der Waals surface area contributed by atoms with E-state index in [0.717, 1.165) is 0 Å². The maximum absolute atomic E-state index is 11.9. The summed E-state index contributed by atoms with van der Waals surface area (Å²) in [5.41, 5.74) is 0.413. The first-order chi connectivity index (χ1) is 9.69. The van der Waals surface area contributed by atoms with Crippen molar-refractivity contribution in [1.29, 1.82) is 5.26 Å². The van der Waals surface area contributed by atoms with Crippen molar-refractivity contribution in [2.75, 3.05) is 10.6 Å². The Bertz CT molecular complexity index is 657. The van der Waals surface area contributed by atoms with Crippen LogP contribution < -0.4 is 10.6 Å². The van der Waals surface area contributed by atoms with Gasteiger partial charge in [0, 0.05) is 23.5 Å². The van der Waals surface area contributed by atoms with Crippen LogP contribution in [0.3, 0.4) is 0 Å². The van der Waals surface area contributed by atoms with Crippen molar-refractivity contribution >= 4 is 28.1 Å². The zero-order valence-electron chi connectivity index (χ0n) is 10.2. The molecule has 20 heavy (non-hydrogen) atoms. The van der Waals surface area contributed by atoms with Crippen molar-refractivity contribution in [3.8, 4) is 11.8 Å². The van der Waals surface area contributed by atoms with Crippen molar-refractivity contribution in [3.63, 3.8) is 0 Å². The molecule has 2 rings (SSSR count). The highest BCUT2D eigenvalue weighted by Crippen LogP contribution is 2.15. The fourth-order valence-electron chi connectivity index (χ4n) is 1.32. The molecule has 6 nitrogen and oxygen atoms in total. The number of hydrogen-bond acceptors (Lipinski definition) is 6. The van der Waals surface area contributed by atoms with Gasteiger partial charge in [0.2, 0.25) is 0 Å². The third kappa shape index (κ3) is 3.57. The average Bonchev–Trinajstić information content (AvgIpc) is 2.95. The van der Waals surface area contributed by atoms with Gasteiger partial charge in [-0.25, -0.2) is 4.98 Å². The van der Waals surface area contributed by atoms with Crippen LogP contribution in [0, 0.1) is 11.3 Å². The third-order valence-corrected chi connectivity index (χ3v) is 2.97. The fraction of sp³-hybridized carbons (Fsp3) is 0. The number of thiazole rings is 1. The number of aromatic hydroxyl groups is 1. The molecule has 0 radical (unpaired) electrons. The highest BCUT2D eigenvalue weighted by Gasteiger charge is 2.09. The molecule has 0 fully saturated rings. The first-order valence-corrected chi connectivity index (χ1v) is 6.43. The van der Waals surface area contributed by atoms with E-state index in [1.54, 1.807) is 11.6 Å². The Balaban J connectivity index is 2.04. The number of phenolic OH excluding ortho intramolecular Hbond substituents is 1. The molecule has 100 valence electrons. The van der Waals surface area contributed by atoms with E-state index >= 15 is 0 Å². The Labute approximate surface area is 119 Å². The van der Waals surface area contributed by atoms with Gasteiger partial charge in [0.05, 0.1) is 0 Å². The summed E-state index contributed by atoms with van der Waals surface area (Å²) >= 11 is 1.36. The van der Waals surface area contributed by atoms with Crippen molar-refractivity contribution < 1.29 is 9.90 Å². The Morgan fingerprint density at radius 1 is 1.40 bits per heavy atom. The molecule has 0 unspecified atom stereocenters. The van der Waals surface area contributed by atoms with Gasteiger partial charge in [-0.15, -0.1) is 11.3 Å². The Hall–Kier alpha value is -2.85. The van der Waals surface area contributed by atoms with E-state index in [9.17, 15) is 4.79 Å². The summed E-state index contributed by atoms with van der Waals surface area (Å²) in [4.78, 5) is 15.8. The smallest absolute Gasteiger partial charge is 0.267 e. The number of benzene rings is 1. The zero-order chi connectivity index (χ0) is 14.4. The SMILES string of the molecule is N#C/C(=C/Nc1nccs1)C(=O)Nc1ccc(O)cc1. The summed E-state index contributed by atoms with van der Waals surface area (Å²) in [7, 11) is 0. The molecule has 1 aromatic heterocycles. The average molecular weight is 286 g/mol. The molecule has 0 spiro atoms. The molecule has 0 aliphatic rings.